The van der Waals surface area contributed by atoms with E-state index < -0.39 is 11.6 Å². The number of amides is 1. The van der Waals surface area contributed by atoms with E-state index in [1.54, 1.807) is 24.3 Å². The smallest absolute Gasteiger partial charge is 0.280 e. The van der Waals surface area contributed by atoms with Gasteiger partial charge in [-0.15, -0.1) is 0 Å². The normalized spacial score (nSPS) is 11.8. The summed E-state index contributed by atoms with van der Waals surface area (Å²) < 4.78 is 0. The van der Waals surface area contributed by atoms with Crippen molar-refractivity contribution in [3.63, 3.8) is 0 Å². The number of H-pyrrole nitrogens is 1. The van der Waals surface area contributed by atoms with Crippen LogP contribution in [0.15, 0.2) is 35.3 Å². The molecule has 11 heteroatoms. The highest BCUT2D eigenvalue weighted by atomic mass is 16.2. The standard InChI is InChI=1S/C20H24N8O3/c21-8-2-1-3-14(11-29)26-18(30)12-4-6-13(7-5-12)23-9-15-10-24-17-16(25-15)19(31)28-20(22)27-17/h4-7,10-11,14,23H,1-3,8-9,21H2,(H,26,30)(H3,22,24,27,28,31). The molecule has 0 saturated carbocycles. The zero-order valence-electron chi connectivity index (χ0n) is 16.8. The molecular formula is C20H24N8O3. The number of benzene rings is 1. The first-order valence-electron chi connectivity index (χ1n) is 9.81. The Labute approximate surface area is 177 Å². The second kappa shape index (κ2) is 10.3. The number of nitrogens with one attached hydrogen (secondary N) is 3. The Morgan fingerprint density at radius 1 is 1.19 bits per heavy atom. The van der Waals surface area contributed by atoms with Crippen LogP contribution in [0.3, 0.4) is 0 Å². The third-order valence-electron chi connectivity index (χ3n) is 4.56. The molecule has 0 aliphatic carbocycles. The van der Waals surface area contributed by atoms with Crippen LogP contribution in [-0.2, 0) is 11.3 Å². The van der Waals surface area contributed by atoms with E-state index in [-0.39, 0.29) is 23.0 Å². The highest BCUT2D eigenvalue weighted by Gasteiger charge is 2.13. The first-order chi connectivity index (χ1) is 15.0. The summed E-state index contributed by atoms with van der Waals surface area (Å²) in [5, 5.41) is 5.86. The average molecular weight is 424 g/mol. The highest BCUT2D eigenvalue weighted by molar-refractivity contribution is 5.95. The maximum atomic E-state index is 12.3. The van der Waals surface area contributed by atoms with Crippen molar-refractivity contribution in [3.8, 4) is 0 Å². The van der Waals surface area contributed by atoms with Crippen LogP contribution in [-0.4, -0.2) is 44.7 Å². The van der Waals surface area contributed by atoms with Crippen LogP contribution in [0.1, 0.15) is 35.3 Å². The van der Waals surface area contributed by atoms with Crippen molar-refractivity contribution in [2.45, 2.75) is 31.8 Å². The molecular weight excluding hydrogens is 400 g/mol. The summed E-state index contributed by atoms with van der Waals surface area (Å²) in [5.74, 6) is -0.334. The number of rotatable bonds is 10. The molecule has 1 unspecified atom stereocenters. The molecule has 0 fully saturated rings. The molecule has 31 heavy (non-hydrogen) atoms. The average Bonchev–Trinajstić information content (AvgIpc) is 2.77. The van der Waals surface area contributed by atoms with Crippen LogP contribution in [0.2, 0.25) is 0 Å². The molecule has 3 aromatic rings. The van der Waals surface area contributed by atoms with Gasteiger partial charge >= 0.3 is 0 Å². The molecule has 11 nitrogen and oxygen atoms in total. The van der Waals surface area contributed by atoms with Crippen molar-refractivity contribution in [1.29, 1.82) is 0 Å². The van der Waals surface area contributed by atoms with E-state index in [2.05, 4.69) is 30.6 Å². The van der Waals surface area contributed by atoms with Gasteiger partial charge in [-0.05, 0) is 50.1 Å². The minimum atomic E-state index is -0.531. The van der Waals surface area contributed by atoms with E-state index in [0.717, 1.165) is 24.8 Å². The predicted molar refractivity (Wildman–Crippen MR) is 116 cm³/mol. The van der Waals surface area contributed by atoms with Gasteiger partial charge in [0, 0.05) is 11.3 Å². The molecule has 0 spiro atoms. The van der Waals surface area contributed by atoms with Crippen LogP contribution in [0, 0.1) is 0 Å². The summed E-state index contributed by atoms with van der Waals surface area (Å²) >= 11 is 0. The quantitative estimate of drug-likeness (QED) is 0.226. The van der Waals surface area contributed by atoms with E-state index in [9.17, 15) is 14.4 Å². The largest absolute Gasteiger partial charge is 0.379 e. The van der Waals surface area contributed by atoms with E-state index >= 15 is 0 Å². The predicted octanol–water partition coefficient (Wildman–Crippen LogP) is 0.334. The topological polar surface area (TPSA) is 182 Å². The number of fused-ring (bicyclic) bond motifs is 1. The molecule has 162 valence electrons. The van der Waals surface area contributed by atoms with Crippen LogP contribution in [0.25, 0.3) is 11.2 Å². The molecule has 7 N–H and O–H groups in total. The zero-order chi connectivity index (χ0) is 22.2. The first kappa shape index (κ1) is 21.8. The Kier molecular flexibility index (Phi) is 7.22. The number of nitrogens with zero attached hydrogens (tertiary/aromatic N) is 3. The summed E-state index contributed by atoms with van der Waals surface area (Å²) in [6, 6.07) is 6.26. The van der Waals surface area contributed by atoms with Gasteiger partial charge in [-0.3, -0.25) is 14.6 Å². The molecule has 2 aromatic heterocycles. The Morgan fingerprint density at radius 3 is 2.68 bits per heavy atom. The number of hydrogen-bond donors (Lipinski definition) is 5. The first-order valence-corrected chi connectivity index (χ1v) is 9.81. The van der Waals surface area contributed by atoms with Gasteiger partial charge in [0.1, 0.15) is 6.29 Å². The Morgan fingerprint density at radius 2 is 1.97 bits per heavy atom. The molecule has 0 aliphatic heterocycles. The van der Waals surface area contributed by atoms with E-state index in [4.69, 9.17) is 11.5 Å². The number of unbranched alkanes of at least 4 members (excludes halogenated alkanes) is 1. The van der Waals surface area contributed by atoms with Crippen molar-refractivity contribution in [2.75, 3.05) is 17.6 Å². The third kappa shape index (κ3) is 5.82. The van der Waals surface area contributed by atoms with Crippen molar-refractivity contribution in [2.24, 2.45) is 5.73 Å². The number of aldehydes is 1. The van der Waals surface area contributed by atoms with Crippen molar-refractivity contribution < 1.29 is 9.59 Å². The summed E-state index contributed by atoms with van der Waals surface area (Å²) in [5.41, 5.74) is 12.5. The maximum Gasteiger partial charge on any atom is 0.280 e. The minimum absolute atomic E-state index is 0.0168. The van der Waals surface area contributed by atoms with Crippen LogP contribution in [0.5, 0.6) is 0 Å². The van der Waals surface area contributed by atoms with Gasteiger partial charge < -0.3 is 26.9 Å². The number of nitrogen functional groups attached to an aromatic ring is 1. The lowest BCUT2D eigenvalue weighted by atomic mass is 10.1. The zero-order valence-corrected chi connectivity index (χ0v) is 16.8. The fourth-order valence-electron chi connectivity index (χ4n) is 2.92. The van der Waals surface area contributed by atoms with E-state index in [1.165, 1.54) is 6.20 Å². The van der Waals surface area contributed by atoms with Gasteiger partial charge in [-0.25, -0.2) is 9.97 Å². The Bertz CT molecular complexity index is 1110. The molecule has 1 aromatic carbocycles. The molecule has 0 saturated heterocycles. The maximum absolute atomic E-state index is 12.3. The number of anilines is 2. The monoisotopic (exact) mass is 424 g/mol. The van der Waals surface area contributed by atoms with Gasteiger partial charge in [-0.2, -0.15) is 4.98 Å². The third-order valence-corrected chi connectivity index (χ3v) is 4.56. The number of carbonyl (C=O) groups is 2. The summed E-state index contributed by atoms with van der Waals surface area (Å²) in [4.78, 5) is 50.1. The Balaban J connectivity index is 1.59. The number of aromatic amines is 1. The van der Waals surface area contributed by atoms with E-state index in [1.807, 2.05) is 0 Å². The fraction of sp³-hybridized carbons (Fsp3) is 0.300. The fourth-order valence-corrected chi connectivity index (χ4v) is 2.92. The van der Waals surface area contributed by atoms with Gasteiger partial charge in [0.2, 0.25) is 5.95 Å². The molecule has 0 bridgehead atoms. The van der Waals surface area contributed by atoms with Gasteiger partial charge in [0.25, 0.3) is 11.5 Å². The van der Waals surface area contributed by atoms with Crippen LogP contribution >= 0.6 is 0 Å². The second-order valence-corrected chi connectivity index (χ2v) is 6.92. The second-order valence-electron chi connectivity index (χ2n) is 6.92. The highest BCUT2D eigenvalue weighted by Crippen LogP contribution is 2.12. The molecule has 3 rings (SSSR count). The molecule has 0 radical (unpaired) electrons. The van der Waals surface area contributed by atoms with Crippen LogP contribution in [0.4, 0.5) is 11.6 Å². The lowest BCUT2D eigenvalue weighted by Gasteiger charge is -2.13. The van der Waals surface area contributed by atoms with Crippen molar-refractivity contribution in [1.82, 2.24) is 25.3 Å². The molecule has 2 heterocycles. The SMILES string of the molecule is NCCCCC(C=O)NC(=O)c1ccc(NCc2cnc3nc(N)[nH]c(=O)c3n2)cc1. The summed E-state index contributed by atoms with van der Waals surface area (Å²) in [6.07, 6.45) is 4.39. The van der Waals surface area contributed by atoms with Gasteiger partial charge in [0.05, 0.1) is 24.5 Å². The Hall–Kier alpha value is -3.86. The summed E-state index contributed by atoms with van der Waals surface area (Å²) in [7, 11) is 0. The van der Waals surface area contributed by atoms with Gasteiger partial charge in [-0.1, -0.05) is 0 Å². The summed E-state index contributed by atoms with van der Waals surface area (Å²) in [6.45, 7) is 0.868. The molecule has 1 atom stereocenters. The molecule has 1 amide bonds. The number of aromatic nitrogens is 4. The minimum Gasteiger partial charge on any atom is -0.379 e. The number of carbonyl (C=O) groups excluding carboxylic acids is 2. The number of hydrogen-bond acceptors (Lipinski definition) is 9. The number of nitrogens with two attached hydrogens (primary N) is 2. The van der Waals surface area contributed by atoms with Gasteiger partial charge in [0.15, 0.2) is 11.2 Å². The molecule has 0 aliphatic rings. The van der Waals surface area contributed by atoms with Crippen molar-refractivity contribution in [3.05, 3.63) is 52.1 Å². The lowest BCUT2D eigenvalue weighted by Crippen LogP contribution is -2.36. The van der Waals surface area contributed by atoms with E-state index in [0.29, 0.717) is 30.8 Å². The van der Waals surface area contributed by atoms with Crippen LogP contribution < -0.4 is 27.7 Å². The lowest BCUT2D eigenvalue weighted by molar-refractivity contribution is -0.109. The van der Waals surface area contributed by atoms with Crippen molar-refractivity contribution >= 4 is 35.0 Å².